The van der Waals surface area contributed by atoms with Crippen molar-refractivity contribution in [2.75, 3.05) is 37.4 Å². The first-order valence-electron chi connectivity index (χ1n) is 11.7. The number of nitrogens with zero attached hydrogens (tertiary/aromatic N) is 4. The molecule has 3 aliphatic rings. The molecule has 0 bridgehead atoms. The normalized spacial score (nSPS) is 21.8. The highest BCUT2D eigenvalue weighted by molar-refractivity contribution is 5.92. The van der Waals surface area contributed by atoms with E-state index in [1.807, 2.05) is 11.7 Å². The van der Waals surface area contributed by atoms with Crippen molar-refractivity contribution in [3.05, 3.63) is 35.2 Å². The maximum Gasteiger partial charge on any atom is 0.225 e. The van der Waals surface area contributed by atoms with Crippen LogP contribution in [0.2, 0.25) is 0 Å². The van der Waals surface area contributed by atoms with Gasteiger partial charge in [-0.2, -0.15) is 4.98 Å². The van der Waals surface area contributed by atoms with E-state index >= 15 is 0 Å². The summed E-state index contributed by atoms with van der Waals surface area (Å²) in [7, 11) is 4.06. The number of benzene rings is 1. The van der Waals surface area contributed by atoms with Gasteiger partial charge in [-0.05, 0) is 74.8 Å². The second kappa shape index (κ2) is 9.03. The fourth-order valence-corrected chi connectivity index (χ4v) is 4.59. The lowest BCUT2D eigenvalue weighted by Crippen LogP contribution is -2.27. The lowest BCUT2D eigenvalue weighted by molar-refractivity contribution is 0.0343. The summed E-state index contributed by atoms with van der Waals surface area (Å²) in [6.45, 7) is 2.76. The van der Waals surface area contributed by atoms with Gasteiger partial charge in [0, 0.05) is 49.9 Å². The molecule has 8 nitrogen and oxygen atoms in total. The van der Waals surface area contributed by atoms with E-state index in [4.69, 9.17) is 15.1 Å². The summed E-state index contributed by atoms with van der Waals surface area (Å²) < 4.78 is 7.69. The van der Waals surface area contributed by atoms with Crippen molar-refractivity contribution >= 4 is 29.1 Å². The predicted molar refractivity (Wildman–Crippen MR) is 128 cm³/mol. The Labute approximate surface area is 189 Å². The average Bonchev–Trinajstić information content (AvgIpc) is 3.58. The fraction of sp³-hybridized carbons (Fsp3) is 0.542. The molecule has 1 saturated carbocycles. The van der Waals surface area contributed by atoms with E-state index < -0.39 is 0 Å². The number of aryl methyl sites for hydroxylation is 1. The molecular formula is C24H33N7O. The minimum absolute atomic E-state index is 0.0254. The Bertz CT molecular complexity index is 1020. The van der Waals surface area contributed by atoms with Gasteiger partial charge in [-0.25, -0.2) is 4.68 Å². The van der Waals surface area contributed by atoms with Gasteiger partial charge in [0.15, 0.2) is 5.82 Å². The van der Waals surface area contributed by atoms with Crippen LogP contribution >= 0.6 is 0 Å². The zero-order chi connectivity index (χ0) is 22.1. The number of likely N-dealkylation sites (N-methyl/N-ethyl adjacent to an activating group) is 1. The molecule has 8 heteroatoms. The molecule has 1 unspecified atom stereocenters. The first-order valence-corrected chi connectivity index (χ1v) is 11.7. The predicted octanol–water partition coefficient (Wildman–Crippen LogP) is 4.09. The van der Waals surface area contributed by atoms with Crippen molar-refractivity contribution in [3.63, 3.8) is 0 Å². The first-order chi connectivity index (χ1) is 15.6. The van der Waals surface area contributed by atoms with Crippen LogP contribution < -0.4 is 10.6 Å². The van der Waals surface area contributed by atoms with E-state index in [1.165, 1.54) is 23.8 Å². The van der Waals surface area contributed by atoms with Gasteiger partial charge in [-0.15, -0.1) is 5.10 Å². The number of nitrogens with one attached hydrogen (secondary N) is 3. The first kappa shape index (κ1) is 21.2. The third-order valence-electron chi connectivity index (χ3n) is 6.62. The van der Waals surface area contributed by atoms with Gasteiger partial charge in [0.1, 0.15) is 6.23 Å². The summed E-state index contributed by atoms with van der Waals surface area (Å²) in [6.07, 6.45) is 10.3. The molecule has 0 radical (unpaired) electrons. The molecule has 1 atom stereocenters. The Morgan fingerprint density at radius 1 is 1.16 bits per heavy atom. The van der Waals surface area contributed by atoms with Crippen LogP contribution in [0.4, 0.5) is 17.3 Å². The minimum Gasteiger partial charge on any atom is -0.360 e. The summed E-state index contributed by atoms with van der Waals surface area (Å²) in [6, 6.07) is 4.17. The van der Waals surface area contributed by atoms with E-state index in [2.05, 4.69) is 45.9 Å². The number of aromatic nitrogens is 3. The van der Waals surface area contributed by atoms with E-state index in [0.29, 0.717) is 5.92 Å². The highest BCUT2D eigenvalue weighted by Gasteiger charge is 2.30. The molecule has 0 spiro atoms. The highest BCUT2D eigenvalue weighted by atomic mass is 16.5. The Kier molecular flexibility index (Phi) is 5.97. The summed E-state index contributed by atoms with van der Waals surface area (Å²) >= 11 is 0. The summed E-state index contributed by atoms with van der Waals surface area (Å²) in [5.41, 5.74) is 5.35. The van der Waals surface area contributed by atoms with Crippen LogP contribution in [-0.2, 0) is 11.8 Å². The zero-order valence-corrected chi connectivity index (χ0v) is 19.0. The quantitative estimate of drug-likeness (QED) is 0.568. The number of hydrogen-bond donors (Lipinski definition) is 3. The molecule has 1 saturated heterocycles. The molecule has 1 aromatic carbocycles. The Balaban J connectivity index is 1.42. The van der Waals surface area contributed by atoms with Crippen molar-refractivity contribution < 1.29 is 4.74 Å². The van der Waals surface area contributed by atoms with Crippen molar-refractivity contribution in [3.8, 4) is 0 Å². The average molecular weight is 436 g/mol. The molecule has 170 valence electrons. The van der Waals surface area contributed by atoms with Gasteiger partial charge < -0.3 is 25.7 Å². The van der Waals surface area contributed by atoms with E-state index in [-0.39, 0.29) is 6.23 Å². The van der Waals surface area contributed by atoms with E-state index in [1.54, 1.807) is 0 Å². The van der Waals surface area contributed by atoms with E-state index in [0.717, 1.165) is 80.5 Å². The molecule has 2 aliphatic heterocycles. The van der Waals surface area contributed by atoms with Gasteiger partial charge in [0.25, 0.3) is 0 Å². The van der Waals surface area contributed by atoms with Crippen LogP contribution in [0.25, 0.3) is 5.57 Å². The molecule has 1 aromatic heterocycles. The van der Waals surface area contributed by atoms with Crippen LogP contribution in [0.15, 0.2) is 18.2 Å². The molecule has 3 heterocycles. The van der Waals surface area contributed by atoms with Crippen LogP contribution in [-0.4, -0.2) is 58.9 Å². The molecule has 3 N–H and O–H groups in total. The topological polar surface area (TPSA) is 91.1 Å². The number of rotatable bonds is 7. The third kappa shape index (κ3) is 4.42. The number of anilines is 3. The third-order valence-corrected chi connectivity index (χ3v) is 6.62. The Morgan fingerprint density at radius 3 is 2.69 bits per heavy atom. The highest BCUT2D eigenvalue weighted by Crippen LogP contribution is 2.47. The van der Waals surface area contributed by atoms with Crippen molar-refractivity contribution in [1.29, 1.82) is 5.41 Å². The lowest BCUT2D eigenvalue weighted by atomic mass is 9.99. The fourth-order valence-electron chi connectivity index (χ4n) is 4.59. The van der Waals surface area contributed by atoms with Crippen LogP contribution in [0.1, 0.15) is 61.4 Å². The van der Waals surface area contributed by atoms with Gasteiger partial charge in [0.05, 0.1) is 0 Å². The molecule has 2 aromatic rings. The van der Waals surface area contributed by atoms with Gasteiger partial charge in [0.2, 0.25) is 5.95 Å². The number of hydrogen-bond acceptors (Lipinski definition) is 7. The zero-order valence-electron chi connectivity index (χ0n) is 19.0. The molecule has 5 rings (SSSR count). The van der Waals surface area contributed by atoms with Crippen LogP contribution in [0, 0.1) is 5.41 Å². The SMILES string of the molecule is CN1CC=C(c2nc(Nc3ccc(NC4CCCCO4)c(C=N)c3C3CC3)n(C)n2)CC1. The standard InChI is InChI=1S/C24H33N7O/c1-30-12-10-17(11-13-30)23-28-24(31(2)29-23)27-20-9-8-19(26-21-5-3-4-14-32-21)18(15-25)22(20)16-6-7-16/h8-10,15-16,21,25-26H,3-7,11-14H2,1-2H3,(H,27,28,29). The summed E-state index contributed by atoms with van der Waals surface area (Å²) in [5.74, 6) is 2.01. The monoisotopic (exact) mass is 435 g/mol. The smallest absolute Gasteiger partial charge is 0.225 e. The minimum atomic E-state index is 0.0254. The van der Waals surface area contributed by atoms with Crippen molar-refractivity contribution in [2.45, 2.75) is 50.7 Å². The molecular weight excluding hydrogens is 402 g/mol. The lowest BCUT2D eigenvalue weighted by Gasteiger charge is -2.26. The second-order valence-electron chi connectivity index (χ2n) is 9.16. The van der Waals surface area contributed by atoms with Gasteiger partial charge in [-0.3, -0.25) is 0 Å². The second-order valence-corrected chi connectivity index (χ2v) is 9.16. The Morgan fingerprint density at radius 2 is 2.00 bits per heavy atom. The van der Waals surface area contributed by atoms with Crippen LogP contribution in [0.5, 0.6) is 0 Å². The molecule has 1 aliphatic carbocycles. The van der Waals surface area contributed by atoms with E-state index in [9.17, 15) is 0 Å². The number of ether oxygens (including phenoxy) is 1. The molecule has 32 heavy (non-hydrogen) atoms. The molecule has 0 amide bonds. The van der Waals surface area contributed by atoms with Gasteiger partial charge >= 0.3 is 0 Å². The maximum absolute atomic E-state index is 8.16. The Hall–Kier alpha value is -2.71. The van der Waals surface area contributed by atoms with Crippen molar-refractivity contribution in [1.82, 2.24) is 19.7 Å². The van der Waals surface area contributed by atoms with Crippen molar-refractivity contribution in [2.24, 2.45) is 7.05 Å². The molecule has 2 fully saturated rings. The largest absolute Gasteiger partial charge is 0.360 e. The van der Waals surface area contributed by atoms with Crippen LogP contribution in [0.3, 0.4) is 0 Å². The summed E-state index contributed by atoms with van der Waals surface area (Å²) in [4.78, 5) is 7.10. The van der Waals surface area contributed by atoms with Gasteiger partial charge in [-0.1, -0.05) is 6.08 Å². The summed E-state index contributed by atoms with van der Waals surface area (Å²) in [5, 5.41) is 19.9. The maximum atomic E-state index is 8.16.